The maximum Gasteiger partial charge on any atom is 0.147 e. The van der Waals surface area contributed by atoms with Crippen molar-refractivity contribution in [3.63, 3.8) is 0 Å². The van der Waals surface area contributed by atoms with Crippen LogP contribution in [-0.4, -0.2) is 16.8 Å². The molecule has 0 aliphatic rings. The Hall–Kier alpha value is -2.20. The average molecular weight is 338 g/mol. The molecule has 0 N–H and O–H groups in total. The molecule has 0 saturated heterocycles. The van der Waals surface area contributed by atoms with Crippen molar-refractivity contribution in [2.24, 2.45) is 0 Å². The van der Waals surface area contributed by atoms with E-state index < -0.39 is 0 Å². The second kappa shape index (κ2) is 8.06. The Morgan fingerprint density at radius 3 is 2.00 bits per heavy atom. The first-order chi connectivity index (χ1) is 11.8. The molecule has 0 spiro atoms. The van der Waals surface area contributed by atoms with Crippen molar-refractivity contribution >= 4 is 11.3 Å². The van der Waals surface area contributed by atoms with Gasteiger partial charge in [0, 0.05) is 5.56 Å². The van der Waals surface area contributed by atoms with Crippen LogP contribution in [0.15, 0.2) is 48.5 Å². The normalized spacial score (nSPS) is 10.8. The van der Waals surface area contributed by atoms with Crippen molar-refractivity contribution in [2.45, 2.75) is 33.1 Å². The van der Waals surface area contributed by atoms with E-state index in [-0.39, 0.29) is 0 Å². The van der Waals surface area contributed by atoms with Crippen LogP contribution < -0.4 is 4.74 Å². The maximum absolute atomic E-state index is 5.48. The fourth-order valence-corrected chi connectivity index (χ4v) is 3.32. The minimum Gasteiger partial charge on any atom is -0.494 e. The maximum atomic E-state index is 5.48. The summed E-state index contributed by atoms with van der Waals surface area (Å²) in [5.74, 6) is 0.939. The quantitative estimate of drug-likeness (QED) is 0.611. The standard InChI is InChI=1S/C20H22N2OS/c1-3-19-21-22-20(24-19)17-11-7-15(8-12-17)5-6-16-9-13-18(14-10-16)23-4-2/h7-14H,3-6H2,1-2H3. The average Bonchev–Trinajstić information content (AvgIpc) is 3.11. The summed E-state index contributed by atoms with van der Waals surface area (Å²) < 4.78 is 5.48. The van der Waals surface area contributed by atoms with Crippen LogP contribution in [0.1, 0.15) is 30.0 Å². The molecule has 0 fully saturated rings. The summed E-state index contributed by atoms with van der Waals surface area (Å²) in [7, 11) is 0. The van der Waals surface area contributed by atoms with Crippen molar-refractivity contribution in [1.82, 2.24) is 10.2 Å². The third kappa shape index (κ3) is 4.20. The summed E-state index contributed by atoms with van der Waals surface area (Å²) in [5, 5.41) is 10.5. The van der Waals surface area contributed by atoms with Crippen molar-refractivity contribution in [3.8, 4) is 16.3 Å². The highest BCUT2D eigenvalue weighted by Crippen LogP contribution is 2.24. The molecular weight excluding hydrogens is 316 g/mol. The zero-order valence-electron chi connectivity index (χ0n) is 14.2. The molecule has 0 atom stereocenters. The van der Waals surface area contributed by atoms with Crippen LogP contribution in [-0.2, 0) is 19.3 Å². The van der Waals surface area contributed by atoms with Gasteiger partial charge < -0.3 is 4.74 Å². The molecule has 0 saturated carbocycles. The highest BCUT2D eigenvalue weighted by Gasteiger charge is 2.05. The highest BCUT2D eigenvalue weighted by atomic mass is 32.1. The minimum atomic E-state index is 0.708. The van der Waals surface area contributed by atoms with Gasteiger partial charge in [-0.3, -0.25) is 0 Å². The summed E-state index contributed by atoms with van der Waals surface area (Å²) in [6, 6.07) is 17.1. The van der Waals surface area contributed by atoms with E-state index in [1.807, 2.05) is 19.1 Å². The molecule has 124 valence electrons. The largest absolute Gasteiger partial charge is 0.494 e. The topological polar surface area (TPSA) is 35.0 Å². The molecule has 3 rings (SSSR count). The summed E-state index contributed by atoms with van der Waals surface area (Å²) in [6.07, 6.45) is 3.01. The second-order valence-electron chi connectivity index (χ2n) is 5.63. The molecule has 0 amide bonds. The highest BCUT2D eigenvalue weighted by molar-refractivity contribution is 7.14. The lowest BCUT2D eigenvalue weighted by atomic mass is 10.0. The monoisotopic (exact) mass is 338 g/mol. The van der Waals surface area contributed by atoms with Gasteiger partial charge in [0.05, 0.1) is 6.61 Å². The van der Waals surface area contributed by atoms with E-state index in [9.17, 15) is 0 Å². The van der Waals surface area contributed by atoms with Gasteiger partial charge in [-0.05, 0) is 49.4 Å². The fourth-order valence-electron chi connectivity index (χ4n) is 2.53. The van der Waals surface area contributed by atoms with E-state index in [4.69, 9.17) is 4.74 Å². The molecule has 0 unspecified atom stereocenters. The van der Waals surface area contributed by atoms with Crippen LogP contribution >= 0.6 is 11.3 Å². The molecule has 3 nitrogen and oxygen atoms in total. The predicted octanol–water partition coefficient (Wildman–Crippen LogP) is 4.95. The lowest BCUT2D eigenvalue weighted by molar-refractivity contribution is 0.340. The van der Waals surface area contributed by atoms with Crippen LogP contribution in [0.4, 0.5) is 0 Å². The smallest absolute Gasteiger partial charge is 0.147 e. The Bertz CT molecular complexity index is 763. The number of hydrogen-bond acceptors (Lipinski definition) is 4. The molecular formula is C20H22N2OS. The number of aromatic nitrogens is 2. The van der Waals surface area contributed by atoms with Crippen LogP contribution in [0.5, 0.6) is 5.75 Å². The van der Waals surface area contributed by atoms with Gasteiger partial charge in [0.2, 0.25) is 0 Å². The first-order valence-electron chi connectivity index (χ1n) is 8.42. The van der Waals surface area contributed by atoms with Crippen molar-refractivity contribution in [2.75, 3.05) is 6.61 Å². The number of nitrogens with zero attached hydrogens (tertiary/aromatic N) is 2. The number of benzene rings is 2. The Morgan fingerprint density at radius 2 is 1.46 bits per heavy atom. The van der Waals surface area contributed by atoms with Gasteiger partial charge in [-0.2, -0.15) is 0 Å². The van der Waals surface area contributed by atoms with Crippen LogP contribution in [0.25, 0.3) is 10.6 Å². The van der Waals surface area contributed by atoms with Crippen molar-refractivity contribution in [1.29, 1.82) is 0 Å². The van der Waals surface area contributed by atoms with E-state index in [1.54, 1.807) is 11.3 Å². The van der Waals surface area contributed by atoms with Crippen LogP contribution in [0.2, 0.25) is 0 Å². The van der Waals surface area contributed by atoms with Crippen molar-refractivity contribution in [3.05, 3.63) is 64.7 Å². The molecule has 0 radical (unpaired) electrons. The van der Waals surface area contributed by atoms with Gasteiger partial charge in [0.1, 0.15) is 15.8 Å². The van der Waals surface area contributed by atoms with E-state index >= 15 is 0 Å². The zero-order valence-corrected chi connectivity index (χ0v) is 15.0. The number of hydrogen-bond donors (Lipinski definition) is 0. The summed E-state index contributed by atoms with van der Waals surface area (Å²) in [5.41, 5.74) is 3.82. The second-order valence-corrected chi connectivity index (χ2v) is 6.69. The third-order valence-corrected chi connectivity index (χ3v) is 5.02. The molecule has 4 heteroatoms. The van der Waals surface area contributed by atoms with E-state index in [2.05, 4.69) is 53.5 Å². The Balaban J connectivity index is 1.59. The first-order valence-corrected chi connectivity index (χ1v) is 9.23. The van der Waals surface area contributed by atoms with Gasteiger partial charge in [0.15, 0.2) is 0 Å². The van der Waals surface area contributed by atoms with E-state index in [1.165, 1.54) is 11.1 Å². The molecule has 0 bridgehead atoms. The Morgan fingerprint density at radius 1 is 0.833 bits per heavy atom. The first kappa shape index (κ1) is 16.7. The molecule has 0 aliphatic heterocycles. The number of rotatable bonds is 7. The SMILES string of the molecule is CCOc1ccc(CCc2ccc(-c3nnc(CC)s3)cc2)cc1. The molecule has 1 heterocycles. The zero-order chi connectivity index (χ0) is 16.8. The summed E-state index contributed by atoms with van der Waals surface area (Å²) in [6.45, 7) is 4.82. The van der Waals surface area contributed by atoms with Gasteiger partial charge in [-0.15, -0.1) is 10.2 Å². The molecule has 24 heavy (non-hydrogen) atoms. The summed E-state index contributed by atoms with van der Waals surface area (Å²) in [4.78, 5) is 0. The molecule has 0 aliphatic carbocycles. The van der Waals surface area contributed by atoms with Crippen LogP contribution in [0, 0.1) is 0 Å². The Kier molecular flexibility index (Phi) is 5.59. The van der Waals surface area contributed by atoms with Gasteiger partial charge in [-0.25, -0.2) is 0 Å². The molecule has 1 aromatic heterocycles. The van der Waals surface area contributed by atoms with Gasteiger partial charge in [0.25, 0.3) is 0 Å². The number of ether oxygens (including phenoxy) is 1. The lowest BCUT2D eigenvalue weighted by Gasteiger charge is -2.06. The predicted molar refractivity (Wildman–Crippen MR) is 99.7 cm³/mol. The van der Waals surface area contributed by atoms with E-state index in [0.717, 1.165) is 40.6 Å². The lowest BCUT2D eigenvalue weighted by Crippen LogP contribution is -1.94. The number of aryl methyl sites for hydroxylation is 3. The molecule has 2 aromatic carbocycles. The van der Waals surface area contributed by atoms with Crippen LogP contribution in [0.3, 0.4) is 0 Å². The Labute approximate surface area is 147 Å². The minimum absolute atomic E-state index is 0.708. The van der Waals surface area contributed by atoms with Crippen molar-refractivity contribution < 1.29 is 4.74 Å². The van der Waals surface area contributed by atoms with Gasteiger partial charge in [-0.1, -0.05) is 54.7 Å². The fraction of sp³-hybridized carbons (Fsp3) is 0.300. The van der Waals surface area contributed by atoms with E-state index in [0.29, 0.717) is 6.61 Å². The third-order valence-electron chi connectivity index (χ3n) is 3.91. The summed E-state index contributed by atoms with van der Waals surface area (Å²) >= 11 is 1.67. The van der Waals surface area contributed by atoms with Gasteiger partial charge >= 0.3 is 0 Å². The molecule has 3 aromatic rings.